The highest BCUT2D eigenvalue weighted by Crippen LogP contribution is 2.27. The number of aliphatic hydroxyl groups is 1. The number of hydrogen-bond acceptors (Lipinski definition) is 4. The second-order valence-electron chi connectivity index (χ2n) is 5.80. The molecule has 2 aromatic rings. The minimum absolute atomic E-state index is 0.142. The highest BCUT2D eigenvalue weighted by Gasteiger charge is 2.38. The van der Waals surface area contributed by atoms with Crippen LogP contribution in [0.25, 0.3) is 0 Å². The van der Waals surface area contributed by atoms with Crippen LogP contribution in [-0.4, -0.2) is 40.6 Å². The highest BCUT2D eigenvalue weighted by molar-refractivity contribution is 5.86. The number of nitrogens with one attached hydrogen (secondary N) is 1. The molecule has 1 heterocycles. The van der Waals surface area contributed by atoms with Crippen LogP contribution >= 0.6 is 0 Å². The van der Waals surface area contributed by atoms with Crippen LogP contribution in [0.1, 0.15) is 18.1 Å². The van der Waals surface area contributed by atoms with E-state index in [-0.39, 0.29) is 12.2 Å². The van der Waals surface area contributed by atoms with Gasteiger partial charge in [-0.05, 0) is 25.0 Å². The molecule has 1 aromatic heterocycles. The van der Waals surface area contributed by atoms with Gasteiger partial charge in [0.2, 0.25) is 0 Å². The molecule has 1 amide bonds. The zero-order chi connectivity index (χ0) is 17.7. The second-order valence-corrected chi connectivity index (χ2v) is 5.80. The van der Waals surface area contributed by atoms with Crippen LogP contribution in [-0.2, 0) is 28.6 Å². The van der Waals surface area contributed by atoms with Gasteiger partial charge in [-0.1, -0.05) is 18.2 Å². The summed E-state index contributed by atoms with van der Waals surface area (Å²) in [5.41, 5.74) is -0.474. The molecular formula is C17H22FN3O3. The molecule has 2 atom stereocenters. The standard InChI is InChI=1S/C17H22FN3O3/c1-17(24-3,14-6-4-5-7-15(14)18)16(23)20-13(11-22)8-12-9-19-21(2)10-12/h4-7,9-10,13,22H,8,11H2,1-3H3,(H,20,23). The maximum absolute atomic E-state index is 14.1. The average Bonchev–Trinajstić information content (AvgIpc) is 2.98. The molecule has 1 aromatic carbocycles. The number of methoxy groups -OCH3 is 1. The third-order valence-corrected chi connectivity index (χ3v) is 4.03. The predicted octanol–water partition coefficient (Wildman–Crippen LogP) is 1.14. The molecule has 24 heavy (non-hydrogen) atoms. The lowest BCUT2D eigenvalue weighted by Gasteiger charge is -2.29. The Kier molecular flexibility index (Phi) is 5.69. The molecular weight excluding hydrogens is 313 g/mol. The summed E-state index contributed by atoms with van der Waals surface area (Å²) in [7, 11) is 3.14. The van der Waals surface area contributed by atoms with Crippen molar-refractivity contribution in [2.24, 2.45) is 7.05 Å². The minimum atomic E-state index is -1.49. The fourth-order valence-corrected chi connectivity index (χ4v) is 2.52. The molecule has 0 saturated heterocycles. The van der Waals surface area contributed by atoms with Gasteiger partial charge in [0.1, 0.15) is 5.82 Å². The first kappa shape index (κ1) is 18.1. The van der Waals surface area contributed by atoms with E-state index in [2.05, 4.69) is 10.4 Å². The number of amides is 1. The first-order chi connectivity index (χ1) is 11.4. The number of aromatic nitrogens is 2. The Labute approximate surface area is 140 Å². The first-order valence-corrected chi connectivity index (χ1v) is 7.60. The van der Waals surface area contributed by atoms with Crippen molar-refractivity contribution in [3.05, 3.63) is 53.6 Å². The minimum Gasteiger partial charge on any atom is -0.394 e. The Morgan fingerprint density at radius 2 is 2.21 bits per heavy atom. The van der Waals surface area contributed by atoms with E-state index in [9.17, 15) is 14.3 Å². The van der Waals surface area contributed by atoms with Gasteiger partial charge < -0.3 is 15.2 Å². The zero-order valence-electron chi connectivity index (χ0n) is 14.0. The number of ether oxygens (including phenoxy) is 1. The average molecular weight is 335 g/mol. The van der Waals surface area contributed by atoms with Crippen molar-refractivity contribution in [1.29, 1.82) is 0 Å². The van der Waals surface area contributed by atoms with Gasteiger partial charge in [-0.15, -0.1) is 0 Å². The van der Waals surface area contributed by atoms with E-state index in [1.807, 2.05) is 0 Å². The molecule has 0 saturated carbocycles. The molecule has 2 N–H and O–H groups in total. The lowest BCUT2D eigenvalue weighted by Crippen LogP contribution is -2.50. The number of halogens is 1. The number of carbonyl (C=O) groups excluding carboxylic acids is 1. The largest absolute Gasteiger partial charge is 0.394 e. The summed E-state index contributed by atoms with van der Waals surface area (Å²) >= 11 is 0. The molecule has 0 spiro atoms. The lowest BCUT2D eigenvalue weighted by molar-refractivity contribution is -0.144. The van der Waals surface area contributed by atoms with Crippen molar-refractivity contribution >= 4 is 5.91 Å². The normalized spacial score (nSPS) is 14.9. The summed E-state index contributed by atoms with van der Waals surface area (Å²) in [6.07, 6.45) is 3.88. The summed E-state index contributed by atoms with van der Waals surface area (Å²) < 4.78 is 21.0. The zero-order valence-corrected chi connectivity index (χ0v) is 14.0. The molecule has 0 fully saturated rings. The van der Waals surface area contributed by atoms with Crippen molar-refractivity contribution in [2.45, 2.75) is 25.0 Å². The van der Waals surface area contributed by atoms with Gasteiger partial charge in [0.05, 0.1) is 18.8 Å². The fourth-order valence-electron chi connectivity index (χ4n) is 2.52. The van der Waals surface area contributed by atoms with E-state index in [0.717, 1.165) is 5.56 Å². The van der Waals surface area contributed by atoms with Gasteiger partial charge in [-0.3, -0.25) is 9.48 Å². The Morgan fingerprint density at radius 3 is 2.75 bits per heavy atom. The third kappa shape index (κ3) is 3.80. The Morgan fingerprint density at radius 1 is 1.50 bits per heavy atom. The van der Waals surface area contributed by atoms with Gasteiger partial charge in [-0.2, -0.15) is 5.10 Å². The van der Waals surface area contributed by atoms with Gasteiger partial charge in [0.15, 0.2) is 5.60 Å². The predicted molar refractivity (Wildman–Crippen MR) is 86.7 cm³/mol. The molecule has 2 rings (SSSR count). The number of rotatable bonds is 7. The number of carbonyl (C=O) groups is 1. The topological polar surface area (TPSA) is 76.4 Å². The smallest absolute Gasteiger partial charge is 0.257 e. The summed E-state index contributed by atoms with van der Waals surface area (Å²) in [4.78, 5) is 12.7. The van der Waals surface area contributed by atoms with Gasteiger partial charge >= 0.3 is 0 Å². The van der Waals surface area contributed by atoms with Crippen LogP contribution in [0.2, 0.25) is 0 Å². The molecule has 130 valence electrons. The Balaban J connectivity index is 2.16. The molecule has 0 aliphatic rings. The summed E-state index contributed by atoms with van der Waals surface area (Å²) in [5, 5.41) is 16.3. The Bertz CT molecular complexity index is 704. The quantitative estimate of drug-likeness (QED) is 0.796. The van der Waals surface area contributed by atoms with Crippen molar-refractivity contribution < 1.29 is 19.0 Å². The third-order valence-electron chi connectivity index (χ3n) is 4.03. The van der Waals surface area contributed by atoms with Crippen LogP contribution in [0.5, 0.6) is 0 Å². The number of nitrogens with zero attached hydrogens (tertiary/aromatic N) is 2. The van der Waals surface area contributed by atoms with E-state index in [1.54, 1.807) is 36.3 Å². The fraction of sp³-hybridized carbons (Fsp3) is 0.412. The number of benzene rings is 1. The summed E-state index contributed by atoms with van der Waals surface area (Å²) in [6.45, 7) is 1.25. The van der Waals surface area contributed by atoms with E-state index in [0.29, 0.717) is 6.42 Å². The maximum Gasteiger partial charge on any atom is 0.257 e. The van der Waals surface area contributed by atoms with E-state index in [1.165, 1.54) is 26.2 Å². The van der Waals surface area contributed by atoms with Crippen molar-refractivity contribution in [1.82, 2.24) is 15.1 Å². The number of aryl methyl sites for hydroxylation is 1. The molecule has 0 radical (unpaired) electrons. The van der Waals surface area contributed by atoms with Crippen LogP contribution in [0.15, 0.2) is 36.7 Å². The highest BCUT2D eigenvalue weighted by atomic mass is 19.1. The van der Waals surface area contributed by atoms with Crippen LogP contribution in [0.4, 0.5) is 4.39 Å². The summed E-state index contributed by atoms with van der Waals surface area (Å²) in [5.74, 6) is -1.04. The molecule has 0 aliphatic heterocycles. The number of aliphatic hydroxyl groups excluding tert-OH is 1. The summed E-state index contributed by atoms with van der Waals surface area (Å²) in [6, 6.07) is 5.45. The number of hydrogen-bond donors (Lipinski definition) is 2. The first-order valence-electron chi connectivity index (χ1n) is 7.60. The molecule has 7 heteroatoms. The van der Waals surface area contributed by atoms with E-state index in [4.69, 9.17) is 4.74 Å². The van der Waals surface area contributed by atoms with Gasteiger partial charge in [0.25, 0.3) is 5.91 Å². The molecule has 0 aliphatic carbocycles. The van der Waals surface area contributed by atoms with E-state index >= 15 is 0 Å². The maximum atomic E-state index is 14.1. The SMILES string of the molecule is COC(C)(C(=O)NC(CO)Cc1cnn(C)c1)c1ccccc1F. The lowest BCUT2D eigenvalue weighted by atomic mass is 9.93. The molecule has 0 bridgehead atoms. The van der Waals surface area contributed by atoms with Crippen molar-refractivity contribution in [3.63, 3.8) is 0 Å². The second kappa shape index (κ2) is 7.55. The van der Waals surface area contributed by atoms with Crippen LogP contribution in [0, 0.1) is 5.82 Å². The van der Waals surface area contributed by atoms with Crippen LogP contribution in [0.3, 0.4) is 0 Å². The Hall–Kier alpha value is -2.25. The monoisotopic (exact) mass is 335 g/mol. The van der Waals surface area contributed by atoms with E-state index < -0.39 is 23.4 Å². The van der Waals surface area contributed by atoms with Crippen molar-refractivity contribution in [3.8, 4) is 0 Å². The molecule has 2 unspecified atom stereocenters. The van der Waals surface area contributed by atoms with Gasteiger partial charge in [0, 0.05) is 25.9 Å². The van der Waals surface area contributed by atoms with Gasteiger partial charge in [-0.25, -0.2) is 4.39 Å². The van der Waals surface area contributed by atoms with Crippen LogP contribution < -0.4 is 5.32 Å². The van der Waals surface area contributed by atoms with Crippen molar-refractivity contribution in [2.75, 3.05) is 13.7 Å². The molecule has 6 nitrogen and oxygen atoms in total.